The van der Waals surface area contributed by atoms with E-state index in [-0.39, 0.29) is 19.5 Å². The average Bonchev–Trinajstić information content (AvgIpc) is 2.58. The number of hydrogen-bond acceptors (Lipinski definition) is 1. The maximum Gasteiger partial charge on any atom is 0.416 e. The lowest BCUT2D eigenvalue weighted by molar-refractivity contribution is -0.137. The summed E-state index contributed by atoms with van der Waals surface area (Å²) in [6, 6.07) is 4.38. The Morgan fingerprint density at radius 2 is 1.78 bits per heavy atom. The van der Waals surface area contributed by atoms with E-state index in [0.29, 0.717) is 5.56 Å². The zero-order chi connectivity index (χ0) is 13.4. The van der Waals surface area contributed by atoms with Crippen LogP contribution in [0.1, 0.15) is 11.1 Å². The Balaban J connectivity index is 2.07. The third-order valence-corrected chi connectivity index (χ3v) is 3.11. The molecule has 1 N–H and O–H groups in total. The van der Waals surface area contributed by atoms with Crippen molar-refractivity contribution in [1.82, 2.24) is 5.32 Å². The first kappa shape index (κ1) is 13.3. The predicted molar refractivity (Wildman–Crippen MR) is 56.5 cm³/mol. The van der Waals surface area contributed by atoms with Crippen LogP contribution in [-0.4, -0.2) is 19.0 Å². The summed E-state index contributed by atoms with van der Waals surface area (Å²) in [5.74, 6) is -3.64. The van der Waals surface area contributed by atoms with Gasteiger partial charge < -0.3 is 5.32 Å². The van der Waals surface area contributed by atoms with Gasteiger partial charge in [0.25, 0.3) is 5.92 Å². The molecule has 1 fully saturated rings. The third kappa shape index (κ3) is 2.80. The van der Waals surface area contributed by atoms with E-state index in [2.05, 4.69) is 5.32 Å². The number of rotatable bonds is 2. The van der Waals surface area contributed by atoms with E-state index < -0.39 is 23.6 Å². The van der Waals surface area contributed by atoms with Gasteiger partial charge in [-0.25, -0.2) is 8.78 Å². The fourth-order valence-corrected chi connectivity index (χ4v) is 2.04. The van der Waals surface area contributed by atoms with Crippen molar-refractivity contribution in [2.45, 2.75) is 18.5 Å². The quantitative estimate of drug-likeness (QED) is 0.810. The molecule has 0 aliphatic carbocycles. The van der Waals surface area contributed by atoms with Crippen molar-refractivity contribution in [3.05, 3.63) is 35.4 Å². The van der Waals surface area contributed by atoms with Gasteiger partial charge in [-0.2, -0.15) is 13.2 Å². The highest BCUT2D eigenvalue weighted by Crippen LogP contribution is 2.32. The molecule has 1 aromatic rings. The lowest BCUT2D eigenvalue weighted by Gasteiger charge is -2.17. The van der Waals surface area contributed by atoms with Gasteiger partial charge in [-0.15, -0.1) is 0 Å². The van der Waals surface area contributed by atoms with Crippen LogP contribution in [0.4, 0.5) is 22.0 Å². The van der Waals surface area contributed by atoms with E-state index in [9.17, 15) is 22.0 Å². The number of alkyl halides is 5. The molecular weight excluding hydrogens is 253 g/mol. The molecule has 1 unspecified atom stereocenters. The highest BCUT2D eigenvalue weighted by atomic mass is 19.4. The second-order valence-electron chi connectivity index (χ2n) is 4.49. The summed E-state index contributed by atoms with van der Waals surface area (Å²) < 4.78 is 63.6. The molecule has 6 heteroatoms. The molecule has 1 atom stereocenters. The van der Waals surface area contributed by atoms with E-state index in [0.717, 1.165) is 12.1 Å². The lowest BCUT2D eigenvalue weighted by atomic mass is 9.95. The fraction of sp³-hybridized carbons (Fsp3) is 0.500. The van der Waals surface area contributed by atoms with Crippen LogP contribution in [0.2, 0.25) is 0 Å². The van der Waals surface area contributed by atoms with Crippen LogP contribution in [0.15, 0.2) is 24.3 Å². The second kappa shape index (κ2) is 4.50. The monoisotopic (exact) mass is 265 g/mol. The van der Waals surface area contributed by atoms with Gasteiger partial charge in [0.2, 0.25) is 0 Å². The van der Waals surface area contributed by atoms with Gasteiger partial charge in [0.05, 0.1) is 12.1 Å². The van der Waals surface area contributed by atoms with Crippen molar-refractivity contribution < 1.29 is 22.0 Å². The largest absolute Gasteiger partial charge is 0.416 e. The maximum absolute atomic E-state index is 13.3. The topological polar surface area (TPSA) is 12.0 Å². The summed E-state index contributed by atoms with van der Waals surface area (Å²) in [5, 5.41) is 2.59. The van der Waals surface area contributed by atoms with Crippen molar-refractivity contribution in [1.29, 1.82) is 0 Å². The second-order valence-corrected chi connectivity index (χ2v) is 4.49. The summed E-state index contributed by atoms with van der Waals surface area (Å²) in [7, 11) is 0. The Hall–Kier alpha value is -1.17. The van der Waals surface area contributed by atoms with Gasteiger partial charge >= 0.3 is 6.18 Å². The standard InChI is InChI=1S/C12H12F5N/c13-11(14)7-18-6-10(11)5-8-1-3-9(4-2-8)12(15,16)17/h1-4,10,18H,5-7H2. The average molecular weight is 265 g/mol. The van der Waals surface area contributed by atoms with E-state index in [1.54, 1.807) is 0 Å². The third-order valence-electron chi connectivity index (χ3n) is 3.11. The maximum atomic E-state index is 13.3. The number of nitrogens with one attached hydrogen (secondary N) is 1. The lowest BCUT2D eigenvalue weighted by Crippen LogP contribution is -2.28. The Labute approximate surface area is 101 Å². The SMILES string of the molecule is FC(F)(F)c1ccc(CC2CNCC2(F)F)cc1. The first-order valence-corrected chi connectivity index (χ1v) is 5.54. The Morgan fingerprint density at radius 3 is 2.22 bits per heavy atom. The highest BCUT2D eigenvalue weighted by molar-refractivity contribution is 5.25. The van der Waals surface area contributed by atoms with Crippen LogP contribution in [0, 0.1) is 5.92 Å². The Morgan fingerprint density at radius 1 is 1.17 bits per heavy atom. The molecule has 1 aliphatic heterocycles. The Bertz CT molecular complexity index is 409. The first-order valence-electron chi connectivity index (χ1n) is 5.54. The van der Waals surface area contributed by atoms with Gasteiger partial charge in [-0.3, -0.25) is 0 Å². The molecule has 0 saturated carbocycles. The molecule has 0 bridgehead atoms. The minimum Gasteiger partial charge on any atom is -0.311 e. The van der Waals surface area contributed by atoms with Crippen LogP contribution >= 0.6 is 0 Å². The molecule has 1 aromatic carbocycles. The van der Waals surface area contributed by atoms with Crippen molar-refractivity contribution in [2.24, 2.45) is 5.92 Å². The van der Waals surface area contributed by atoms with Gasteiger partial charge in [0, 0.05) is 12.5 Å². The summed E-state index contributed by atoms with van der Waals surface area (Å²) >= 11 is 0. The van der Waals surface area contributed by atoms with Crippen molar-refractivity contribution in [3.8, 4) is 0 Å². The van der Waals surface area contributed by atoms with Crippen LogP contribution < -0.4 is 5.32 Å². The van der Waals surface area contributed by atoms with E-state index in [1.165, 1.54) is 12.1 Å². The molecule has 18 heavy (non-hydrogen) atoms. The van der Waals surface area contributed by atoms with E-state index in [1.807, 2.05) is 0 Å². The molecule has 0 radical (unpaired) electrons. The van der Waals surface area contributed by atoms with Crippen LogP contribution in [0.5, 0.6) is 0 Å². The molecule has 1 saturated heterocycles. The van der Waals surface area contributed by atoms with Crippen LogP contribution in [0.3, 0.4) is 0 Å². The minimum absolute atomic E-state index is 0.0815. The predicted octanol–water partition coefficient (Wildman–Crippen LogP) is 3.10. The molecule has 0 amide bonds. The first-order chi connectivity index (χ1) is 8.29. The zero-order valence-electron chi connectivity index (χ0n) is 9.40. The van der Waals surface area contributed by atoms with Crippen LogP contribution in [-0.2, 0) is 12.6 Å². The van der Waals surface area contributed by atoms with Gasteiger partial charge in [-0.1, -0.05) is 12.1 Å². The Kier molecular flexibility index (Phi) is 3.31. The fourth-order valence-electron chi connectivity index (χ4n) is 2.04. The molecule has 100 valence electrons. The summed E-state index contributed by atoms with van der Waals surface area (Å²) in [4.78, 5) is 0. The minimum atomic E-state index is -4.39. The number of hydrogen-bond donors (Lipinski definition) is 1. The smallest absolute Gasteiger partial charge is 0.311 e. The van der Waals surface area contributed by atoms with E-state index in [4.69, 9.17) is 0 Å². The van der Waals surface area contributed by atoms with Crippen LogP contribution in [0.25, 0.3) is 0 Å². The number of benzene rings is 1. The molecule has 0 spiro atoms. The van der Waals surface area contributed by atoms with Gasteiger partial charge in [-0.05, 0) is 24.1 Å². The molecule has 1 nitrogen and oxygen atoms in total. The highest BCUT2D eigenvalue weighted by Gasteiger charge is 2.43. The van der Waals surface area contributed by atoms with E-state index >= 15 is 0 Å². The molecule has 1 aliphatic rings. The normalized spacial score (nSPS) is 23.3. The summed E-state index contributed by atoms with van der Waals surface area (Å²) in [5.41, 5.74) is -0.265. The molecule has 2 rings (SSSR count). The number of halogens is 5. The van der Waals surface area contributed by atoms with Gasteiger partial charge in [0.1, 0.15) is 0 Å². The summed E-state index contributed by atoms with van der Waals surface area (Å²) in [6.07, 6.45) is -4.31. The summed E-state index contributed by atoms with van der Waals surface area (Å²) in [6.45, 7) is -0.174. The molecular formula is C12H12F5N. The molecule has 0 aromatic heterocycles. The van der Waals surface area contributed by atoms with Crippen molar-refractivity contribution in [3.63, 3.8) is 0 Å². The zero-order valence-corrected chi connectivity index (χ0v) is 9.40. The van der Waals surface area contributed by atoms with Gasteiger partial charge in [0.15, 0.2) is 0 Å². The van der Waals surface area contributed by atoms with Crippen molar-refractivity contribution in [2.75, 3.05) is 13.1 Å². The van der Waals surface area contributed by atoms with Crippen molar-refractivity contribution >= 4 is 0 Å². The molecule has 1 heterocycles.